The molecule has 3 saturated heterocycles. The number of benzene rings is 1. The molecule has 0 spiro atoms. The van der Waals surface area contributed by atoms with Crippen molar-refractivity contribution in [3.63, 3.8) is 0 Å². The molecule has 0 unspecified atom stereocenters. The van der Waals surface area contributed by atoms with Gasteiger partial charge in [-0.2, -0.15) is 0 Å². The summed E-state index contributed by atoms with van der Waals surface area (Å²) in [5.41, 5.74) is 0.998. The van der Waals surface area contributed by atoms with E-state index in [0.717, 1.165) is 5.56 Å². The topological polar surface area (TPSA) is 60.9 Å². The number of hydrogen-bond donors (Lipinski definition) is 1. The number of hydrogen-bond acceptors (Lipinski definition) is 3. The number of rotatable bonds is 2. The molecule has 5 nitrogen and oxygen atoms in total. The van der Waals surface area contributed by atoms with E-state index in [9.17, 15) is 14.7 Å². The Morgan fingerprint density at radius 1 is 1.15 bits per heavy atom. The second-order valence-corrected chi connectivity index (χ2v) is 5.51. The van der Waals surface area contributed by atoms with E-state index in [1.807, 2.05) is 30.3 Å². The average molecular weight is 274 g/mol. The first kappa shape index (κ1) is 13.1. The lowest BCUT2D eigenvalue weighted by atomic mass is 10.1. The van der Waals surface area contributed by atoms with Crippen molar-refractivity contribution in [3.05, 3.63) is 35.9 Å². The average Bonchev–Trinajstić information content (AvgIpc) is 2.63. The van der Waals surface area contributed by atoms with Gasteiger partial charge in [0.05, 0.1) is 6.10 Å². The van der Waals surface area contributed by atoms with Gasteiger partial charge in [-0.1, -0.05) is 30.3 Å². The van der Waals surface area contributed by atoms with Crippen LogP contribution in [0.3, 0.4) is 0 Å². The van der Waals surface area contributed by atoms with Crippen LogP contribution in [-0.2, 0) is 16.1 Å². The Labute approximate surface area is 117 Å². The smallest absolute Gasteiger partial charge is 0.249 e. The molecule has 106 valence electrons. The van der Waals surface area contributed by atoms with E-state index in [2.05, 4.69) is 0 Å². The predicted octanol–water partition coefficient (Wildman–Crippen LogP) is 0.379. The van der Waals surface area contributed by atoms with Gasteiger partial charge in [0, 0.05) is 13.6 Å². The van der Waals surface area contributed by atoms with Crippen molar-refractivity contribution in [2.75, 3.05) is 7.05 Å². The highest BCUT2D eigenvalue weighted by molar-refractivity contribution is 5.97. The van der Waals surface area contributed by atoms with Crippen LogP contribution in [-0.4, -0.2) is 52.0 Å². The zero-order valence-corrected chi connectivity index (χ0v) is 11.4. The number of aliphatic hydroxyl groups is 1. The summed E-state index contributed by atoms with van der Waals surface area (Å²) >= 11 is 0. The molecule has 3 atom stereocenters. The summed E-state index contributed by atoms with van der Waals surface area (Å²) in [6.45, 7) is 0.424. The normalized spacial score (nSPS) is 29.8. The van der Waals surface area contributed by atoms with Gasteiger partial charge in [-0.25, -0.2) is 0 Å². The number of carbonyl (C=O) groups is 2. The monoisotopic (exact) mass is 274 g/mol. The maximum absolute atomic E-state index is 12.5. The van der Waals surface area contributed by atoms with Crippen molar-refractivity contribution < 1.29 is 14.7 Å². The van der Waals surface area contributed by atoms with Crippen LogP contribution in [0.2, 0.25) is 0 Å². The Balaban J connectivity index is 1.92. The third-order valence-electron chi connectivity index (χ3n) is 4.26. The van der Waals surface area contributed by atoms with Gasteiger partial charge in [0.25, 0.3) is 0 Å². The van der Waals surface area contributed by atoms with Crippen LogP contribution in [0.25, 0.3) is 0 Å². The number of fused-ring (bicyclic) bond motifs is 4. The minimum absolute atomic E-state index is 0.0675. The summed E-state index contributed by atoms with van der Waals surface area (Å²) in [7, 11) is 1.60. The Morgan fingerprint density at radius 2 is 1.85 bits per heavy atom. The van der Waals surface area contributed by atoms with Gasteiger partial charge in [-0.05, 0) is 18.4 Å². The molecule has 20 heavy (non-hydrogen) atoms. The van der Waals surface area contributed by atoms with Gasteiger partial charge < -0.3 is 14.9 Å². The summed E-state index contributed by atoms with van der Waals surface area (Å²) in [6.07, 6.45) is 0.254. The van der Waals surface area contributed by atoms with E-state index in [1.54, 1.807) is 11.9 Å². The minimum atomic E-state index is -0.762. The fraction of sp³-hybridized carbons (Fsp3) is 0.467. The summed E-state index contributed by atoms with van der Waals surface area (Å²) in [5.74, 6) is -0.215. The third kappa shape index (κ3) is 1.98. The Morgan fingerprint density at radius 3 is 2.55 bits per heavy atom. The summed E-state index contributed by atoms with van der Waals surface area (Å²) < 4.78 is 0. The van der Waals surface area contributed by atoms with Crippen LogP contribution in [0.5, 0.6) is 0 Å². The molecule has 0 saturated carbocycles. The zero-order chi connectivity index (χ0) is 14.3. The maximum atomic E-state index is 12.5. The molecule has 0 aliphatic carbocycles. The third-order valence-corrected chi connectivity index (χ3v) is 4.26. The van der Waals surface area contributed by atoms with E-state index in [4.69, 9.17) is 0 Å². The van der Waals surface area contributed by atoms with Crippen molar-refractivity contribution >= 4 is 11.8 Å². The van der Waals surface area contributed by atoms with Crippen LogP contribution in [0.4, 0.5) is 0 Å². The van der Waals surface area contributed by atoms with Gasteiger partial charge in [-0.15, -0.1) is 0 Å². The molecule has 3 heterocycles. The Kier molecular flexibility index (Phi) is 3.22. The molecule has 2 bridgehead atoms. The van der Waals surface area contributed by atoms with Gasteiger partial charge >= 0.3 is 0 Å². The molecule has 3 aliphatic rings. The minimum Gasteiger partial charge on any atom is -0.390 e. The van der Waals surface area contributed by atoms with Crippen LogP contribution >= 0.6 is 0 Å². The summed E-state index contributed by atoms with van der Waals surface area (Å²) in [6, 6.07) is 8.46. The van der Waals surface area contributed by atoms with Crippen LogP contribution < -0.4 is 0 Å². The van der Waals surface area contributed by atoms with Gasteiger partial charge in [-0.3, -0.25) is 9.59 Å². The lowest BCUT2D eigenvalue weighted by Crippen LogP contribution is -2.63. The van der Waals surface area contributed by atoms with Crippen molar-refractivity contribution in [3.8, 4) is 0 Å². The van der Waals surface area contributed by atoms with Crippen LogP contribution in [0.1, 0.15) is 18.4 Å². The zero-order valence-electron chi connectivity index (χ0n) is 11.4. The highest BCUT2D eigenvalue weighted by atomic mass is 16.3. The van der Waals surface area contributed by atoms with Crippen molar-refractivity contribution in [1.82, 2.24) is 9.80 Å². The first-order valence-electron chi connectivity index (χ1n) is 6.88. The molecule has 3 fully saturated rings. The Hall–Kier alpha value is -1.88. The molecule has 1 aromatic rings. The molecule has 0 radical (unpaired) electrons. The van der Waals surface area contributed by atoms with Gasteiger partial charge in [0.1, 0.15) is 12.1 Å². The maximum Gasteiger partial charge on any atom is 0.249 e. The first-order valence-corrected chi connectivity index (χ1v) is 6.88. The van der Waals surface area contributed by atoms with E-state index in [1.165, 1.54) is 4.90 Å². The lowest BCUT2D eigenvalue weighted by Gasteiger charge is -2.41. The van der Waals surface area contributed by atoms with Crippen molar-refractivity contribution in [2.45, 2.75) is 37.6 Å². The fourth-order valence-electron chi connectivity index (χ4n) is 3.15. The number of amides is 2. The molecular weight excluding hydrogens is 256 g/mol. The lowest BCUT2D eigenvalue weighted by molar-refractivity contribution is -0.162. The summed E-state index contributed by atoms with van der Waals surface area (Å²) in [5, 5.41) is 10.1. The molecule has 5 heteroatoms. The van der Waals surface area contributed by atoms with E-state index >= 15 is 0 Å². The van der Waals surface area contributed by atoms with Gasteiger partial charge in [0.2, 0.25) is 11.8 Å². The standard InChI is InChI=1S/C15H18N2O3/c1-16-13-12(18)8-7-11(14(16)19)17(15(13)20)9-10-5-3-2-4-6-10/h2-6,11-13,18H,7-9H2,1H3/t11-,12+,13-/m0/s1. The fourth-order valence-corrected chi connectivity index (χ4v) is 3.15. The number of piperazine rings is 1. The molecule has 4 rings (SSSR count). The molecular formula is C15H18N2O3. The first-order chi connectivity index (χ1) is 9.59. The summed E-state index contributed by atoms with van der Waals surface area (Å²) in [4.78, 5) is 27.9. The Bertz CT molecular complexity index is 531. The van der Waals surface area contributed by atoms with E-state index < -0.39 is 18.2 Å². The van der Waals surface area contributed by atoms with Crippen LogP contribution in [0.15, 0.2) is 30.3 Å². The van der Waals surface area contributed by atoms with E-state index in [-0.39, 0.29) is 11.8 Å². The highest BCUT2D eigenvalue weighted by Crippen LogP contribution is 2.30. The number of aliphatic hydroxyl groups excluding tert-OH is 1. The largest absolute Gasteiger partial charge is 0.390 e. The SMILES string of the molecule is CN1C(=O)[C@@H]2CC[C@@H](O)[C@H]1C(=O)N2Cc1ccccc1. The quantitative estimate of drug-likeness (QED) is 0.848. The molecule has 2 amide bonds. The van der Waals surface area contributed by atoms with Crippen LogP contribution in [0, 0.1) is 0 Å². The molecule has 1 aromatic carbocycles. The highest BCUT2D eigenvalue weighted by Gasteiger charge is 2.49. The molecule has 3 aliphatic heterocycles. The second-order valence-electron chi connectivity index (χ2n) is 5.51. The second kappa shape index (κ2) is 4.90. The van der Waals surface area contributed by atoms with Crippen molar-refractivity contribution in [2.24, 2.45) is 0 Å². The van der Waals surface area contributed by atoms with Gasteiger partial charge in [0.15, 0.2) is 0 Å². The van der Waals surface area contributed by atoms with E-state index in [0.29, 0.717) is 19.4 Å². The molecule has 0 aromatic heterocycles. The number of nitrogens with zero attached hydrogens (tertiary/aromatic N) is 2. The predicted molar refractivity (Wildman–Crippen MR) is 72.6 cm³/mol. The molecule has 1 N–H and O–H groups in total. The number of likely N-dealkylation sites (N-methyl/N-ethyl adjacent to an activating group) is 1. The van der Waals surface area contributed by atoms with Crippen molar-refractivity contribution in [1.29, 1.82) is 0 Å². The number of carbonyl (C=O) groups excluding carboxylic acids is 2.